The zero-order valence-corrected chi connectivity index (χ0v) is 15.9. The number of sulfonamides is 1. The molecule has 0 aromatic heterocycles. The second-order valence-electron chi connectivity index (χ2n) is 6.69. The minimum absolute atomic E-state index is 0.0753. The van der Waals surface area contributed by atoms with Gasteiger partial charge in [0.2, 0.25) is 15.9 Å². The molecule has 0 spiro atoms. The number of nitrogens with one attached hydrogen (secondary N) is 1. The third-order valence-electron chi connectivity index (χ3n) is 4.93. The van der Waals surface area contributed by atoms with E-state index < -0.39 is 27.4 Å². The van der Waals surface area contributed by atoms with Crippen molar-refractivity contribution in [2.45, 2.75) is 29.7 Å². The molecule has 1 amide bonds. The highest BCUT2D eigenvalue weighted by Gasteiger charge is 2.45. The monoisotopic (exact) mass is 398 g/mol. The van der Waals surface area contributed by atoms with Gasteiger partial charge in [0, 0.05) is 18.8 Å². The van der Waals surface area contributed by atoms with Gasteiger partial charge in [0.25, 0.3) is 0 Å². The fourth-order valence-electron chi connectivity index (χ4n) is 3.34. The van der Waals surface area contributed by atoms with Crippen LogP contribution < -0.4 is 5.32 Å². The molecule has 0 bridgehead atoms. The number of carboxylic acids is 1. The van der Waals surface area contributed by atoms with Gasteiger partial charge in [-0.3, -0.25) is 4.79 Å². The second kappa shape index (κ2) is 7.58. The molecule has 7 nitrogen and oxygen atoms in total. The van der Waals surface area contributed by atoms with E-state index in [1.807, 2.05) is 0 Å². The maximum atomic E-state index is 12.8. The molecule has 0 radical (unpaired) electrons. The number of carboxylic acid groups (broad SMARTS) is 1. The molecule has 0 saturated carbocycles. The van der Waals surface area contributed by atoms with E-state index in [0.717, 1.165) is 0 Å². The van der Waals surface area contributed by atoms with Crippen molar-refractivity contribution in [3.8, 4) is 0 Å². The quantitative estimate of drug-likeness (QED) is 0.772. The molecule has 2 saturated heterocycles. The van der Waals surface area contributed by atoms with E-state index in [-0.39, 0.29) is 17.3 Å². The summed E-state index contributed by atoms with van der Waals surface area (Å²) < 4.78 is 26.9. The second-order valence-corrected chi connectivity index (χ2v) is 9.74. The van der Waals surface area contributed by atoms with Crippen LogP contribution in [0.1, 0.15) is 19.3 Å². The highest BCUT2D eigenvalue weighted by molar-refractivity contribution is 7.99. The molecule has 26 heavy (non-hydrogen) atoms. The van der Waals surface area contributed by atoms with Crippen molar-refractivity contribution in [3.63, 3.8) is 0 Å². The molecular weight excluding hydrogens is 376 g/mol. The van der Waals surface area contributed by atoms with Crippen molar-refractivity contribution in [2.75, 3.05) is 24.6 Å². The smallest absolute Gasteiger partial charge is 0.330 e. The van der Waals surface area contributed by atoms with E-state index in [2.05, 4.69) is 5.32 Å². The van der Waals surface area contributed by atoms with Crippen molar-refractivity contribution >= 4 is 33.7 Å². The normalized spacial score (nSPS) is 27.2. The van der Waals surface area contributed by atoms with E-state index in [4.69, 9.17) is 0 Å². The lowest BCUT2D eigenvalue weighted by Crippen LogP contribution is -2.57. The number of rotatable bonds is 5. The largest absolute Gasteiger partial charge is 0.479 e. The van der Waals surface area contributed by atoms with Crippen LogP contribution in [0.25, 0.3) is 0 Å². The maximum Gasteiger partial charge on any atom is 0.330 e. The first-order valence-electron chi connectivity index (χ1n) is 8.53. The van der Waals surface area contributed by atoms with Crippen LogP contribution in [0.3, 0.4) is 0 Å². The minimum atomic E-state index is -3.65. The number of carbonyl (C=O) groups is 2. The Kier molecular flexibility index (Phi) is 5.59. The number of benzene rings is 1. The van der Waals surface area contributed by atoms with Gasteiger partial charge in [-0.2, -0.15) is 16.1 Å². The molecule has 2 fully saturated rings. The molecule has 3 rings (SSSR count). The first-order valence-corrected chi connectivity index (χ1v) is 11.1. The van der Waals surface area contributed by atoms with Gasteiger partial charge >= 0.3 is 5.97 Å². The average molecular weight is 399 g/mol. The fourth-order valence-corrected chi connectivity index (χ4v) is 6.21. The number of carbonyl (C=O) groups excluding carboxylic acids is 1. The Morgan fingerprint density at radius 2 is 2.00 bits per heavy atom. The summed E-state index contributed by atoms with van der Waals surface area (Å²) in [6, 6.07) is 8.14. The zero-order valence-electron chi connectivity index (χ0n) is 14.3. The van der Waals surface area contributed by atoms with Crippen LogP contribution in [0.5, 0.6) is 0 Å². The number of piperidine rings is 1. The standard InChI is InChI=1S/C17H22N2O5S2/c20-15(18-17(16(21)22)8-10-25-12-17)13-5-4-9-19(11-13)26(23,24)14-6-2-1-3-7-14/h1-3,6-7,13H,4-5,8-12H2,(H,18,20)(H,21,22). The fraction of sp³-hybridized carbons (Fsp3) is 0.529. The molecule has 2 N–H and O–H groups in total. The number of hydrogen-bond donors (Lipinski definition) is 2. The van der Waals surface area contributed by atoms with E-state index in [1.165, 1.54) is 28.2 Å². The van der Waals surface area contributed by atoms with E-state index in [0.29, 0.717) is 37.3 Å². The Bertz CT molecular complexity index is 776. The summed E-state index contributed by atoms with van der Waals surface area (Å²) in [5.41, 5.74) is -1.23. The topological polar surface area (TPSA) is 104 Å². The first-order chi connectivity index (χ1) is 12.3. The Labute approximate surface area is 157 Å². The van der Waals surface area contributed by atoms with Gasteiger partial charge in [-0.15, -0.1) is 0 Å². The summed E-state index contributed by atoms with van der Waals surface area (Å²) in [4.78, 5) is 24.5. The maximum absolute atomic E-state index is 12.8. The number of hydrogen-bond acceptors (Lipinski definition) is 5. The van der Waals surface area contributed by atoms with Crippen molar-refractivity contribution in [1.29, 1.82) is 0 Å². The zero-order chi connectivity index (χ0) is 18.8. The van der Waals surface area contributed by atoms with Crippen LogP contribution in [0.4, 0.5) is 0 Å². The van der Waals surface area contributed by atoms with Crippen molar-refractivity contribution in [3.05, 3.63) is 30.3 Å². The highest BCUT2D eigenvalue weighted by Crippen LogP contribution is 2.30. The molecule has 1 aromatic rings. The van der Waals surface area contributed by atoms with Crippen LogP contribution >= 0.6 is 11.8 Å². The van der Waals surface area contributed by atoms with Crippen molar-refractivity contribution in [2.24, 2.45) is 5.92 Å². The van der Waals surface area contributed by atoms with Crippen molar-refractivity contribution < 1.29 is 23.1 Å². The lowest BCUT2D eigenvalue weighted by molar-refractivity contribution is -0.147. The molecule has 9 heteroatoms. The summed E-state index contributed by atoms with van der Waals surface area (Å²) in [5, 5.41) is 12.2. The Morgan fingerprint density at radius 3 is 2.62 bits per heavy atom. The predicted octanol–water partition coefficient (Wildman–Crippen LogP) is 1.16. The average Bonchev–Trinajstić information content (AvgIpc) is 3.12. The summed E-state index contributed by atoms with van der Waals surface area (Å²) in [7, 11) is -3.65. The number of aliphatic carboxylic acids is 1. The molecular formula is C17H22N2O5S2. The Balaban J connectivity index is 1.72. The van der Waals surface area contributed by atoms with Crippen molar-refractivity contribution in [1.82, 2.24) is 9.62 Å². The third-order valence-corrected chi connectivity index (χ3v) is 8.00. The molecule has 2 unspecified atom stereocenters. The van der Waals surface area contributed by atoms with Crippen LogP contribution in [-0.2, 0) is 19.6 Å². The molecule has 0 aliphatic carbocycles. The van der Waals surface area contributed by atoms with E-state index >= 15 is 0 Å². The number of thioether (sulfide) groups is 1. The number of nitrogens with zero attached hydrogens (tertiary/aromatic N) is 1. The summed E-state index contributed by atoms with van der Waals surface area (Å²) in [6.45, 7) is 0.437. The molecule has 2 heterocycles. The van der Waals surface area contributed by atoms with Gasteiger partial charge < -0.3 is 10.4 Å². The Hall–Kier alpha value is -1.58. The lowest BCUT2D eigenvalue weighted by atomic mass is 9.94. The Morgan fingerprint density at radius 1 is 1.27 bits per heavy atom. The van der Waals surface area contributed by atoms with Gasteiger partial charge in [-0.1, -0.05) is 18.2 Å². The third kappa shape index (κ3) is 3.74. The molecule has 142 valence electrons. The van der Waals surface area contributed by atoms with Gasteiger partial charge in [-0.05, 0) is 37.1 Å². The molecule has 2 aliphatic heterocycles. The number of amides is 1. The van der Waals surface area contributed by atoms with E-state index in [9.17, 15) is 23.1 Å². The minimum Gasteiger partial charge on any atom is -0.479 e. The van der Waals surface area contributed by atoms with Gasteiger partial charge in [0.15, 0.2) is 0 Å². The van der Waals surface area contributed by atoms with E-state index in [1.54, 1.807) is 18.2 Å². The van der Waals surface area contributed by atoms with Crippen LogP contribution in [-0.4, -0.2) is 59.8 Å². The van der Waals surface area contributed by atoms with Crippen LogP contribution in [0, 0.1) is 5.92 Å². The van der Waals surface area contributed by atoms with Gasteiger partial charge in [0.1, 0.15) is 5.54 Å². The molecule has 2 atom stereocenters. The predicted molar refractivity (Wildman–Crippen MR) is 98.4 cm³/mol. The lowest BCUT2D eigenvalue weighted by Gasteiger charge is -2.33. The highest BCUT2D eigenvalue weighted by atomic mass is 32.2. The summed E-state index contributed by atoms with van der Waals surface area (Å²) in [6.07, 6.45) is 1.51. The SMILES string of the molecule is O=C(NC1(C(=O)O)CCSC1)C1CCCN(S(=O)(=O)c2ccccc2)C1. The molecule has 2 aliphatic rings. The first kappa shape index (κ1) is 19.2. The molecule has 1 aromatic carbocycles. The van der Waals surface area contributed by atoms with Gasteiger partial charge in [-0.25, -0.2) is 13.2 Å². The summed E-state index contributed by atoms with van der Waals surface area (Å²) in [5.74, 6) is -0.911. The summed E-state index contributed by atoms with van der Waals surface area (Å²) >= 11 is 1.50. The van der Waals surface area contributed by atoms with Crippen LogP contribution in [0.2, 0.25) is 0 Å². The van der Waals surface area contributed by atoms with Gasteiger partial charge in [0.05, 0.1) is 10.8 Å². The van der Waals surface area contributed by atoms with Crippen LogP contribution in [0.15, 0.2) is 35.2 Å².